The van der Waals surface area contributed by atoms with Gasteiger partial charge in [-0.15, -0.1) is 0 Å². The summed E-state index contributed by atoms with van der Waals surface area (Å²) >= 11 is 0. The van der Waals surface area contributed by atoms with E-state index in [0.717, 1.165) is 9.87 Å². The van der Waals surface area contributed by atoms with Gasteiger partial charge in [-0.2, -0.15) is 0 Å². The van der Waals surface area contributed by atoms with E-state index in [2.05, 4.69) is 10.0 Å². The van der Waals surface area contributed by atoms with Crippen molar-refractivity contribution < 1.29 is 26.4 Å². The standard InChI is InChI=1S/C29H29N3O6S2/c1-3-38-28-12-8-7-11-27(28)32(40(36,37)26-17-13-22(2)14-18-26)21-29(33)30-23-15-19-25(20-16-23)39(34,35)31-24-9-5-4-6-10-24/h4-20,31H,3,21H2,1-2H3,(H,30,33). The number of hydrogen-bond donors (Lipinski definition) is 2. The van der Waals surface area contributed by atoms with Crippen LogP contribution < -0.4 is 19.1 Å². The summed E-state index contributed by atoms with van der Waals surface area (Å²) in [6.45, 7) is 3.38. The first-order valence-corrected chi connectivity index (χ1v) is 15.3. The molecule has 0 saturated heterocycles. The van der Waals surface area contributed by atoms with Gasteiger partial charge in [0.15, 0.2) is 0 Å². The molecule has 0 aliphatic heterocycles. The van der Waals surface area contributed by atoms with E-state index in [1.807, 2.05) is 6.92 Å². The first-order chi connectivity index (χ1) is 19.1. The van der Waals surface area contributed by atoms with E-state index < -0.39 is 32.5 Å². The molecule has 0 heterocycles. The predicted molar refractivity (Wildman–Crippen MR) is 156 cm³/mol. The van der Waals surface area contributed by atoms with Crippen LogP contribution >= 0.6 is 0 Å². The third-order valence-electron chi connectivity index (χ3n) is 5.80. The minimum Gasteiger partial charge on any atom is -0.492 e. The molecule has 0 aliphatic rings. The highest BCUT2D eigenvalue weighted by atomic mass is 32.2. The lowest BCUT2D eigenvalue weighted by molar-refractivity contribution is -0.114. The van der Waals surface area contributed by atoms with Crippen LogP contribution in [-0.4, -0.2) is 35.9 Å². The maximum Gasteiger partial charge on any atom is 0.264 e. The van der Waals surface area contributed by atoms with Crippen molar-refractivity contribution in [3.8, 4) is 5.75 Å². The normalized spacial score (nSPS) is 11.4. The monoisotopic (exact) mass is 579 g/mol. The van der Waals surface area contributed by atoms with E-state index in [1.165, 1.54) is 36.4 Å². The molecule has 0 atom stereocenters. The highest BCUT2D eigenvalue weighted by Crippen LogP contribution is 2.32. The Bertz CT molecular complexity index is 1670. The van der Waals surface area contributed by atoms with E-state index in [-0.39, 0.29) is 15.5 Å². The number of sulfonamides is 2. The number of ether oxygens (including phenoxy) is 1. The Hall–Kier alpha value is -4.35. The van der Waals surface area contributed by atoms with Gasteiger partial charge >= 0.3 is 0 Å². The Balaban J connectivity index is 1.57. The van der Waals surface area contributed by atoms with Crippen LogP contribution in [0.5, 0.6) is 5.75 Å². The highest BCUT2D eigenvalue weighted by molar-refractivity contribution is 7.93. The molecular weight excluding hydrogens is 550 g/mol. The minimum absolute atomic E-state index is 0.00330. The van der Waals surface area contributed by atoms with Gasteiger partial charge in [-0.1, -0.05) is 48.0 Å². The van der Waals surface area contributed by atoms with E-state index >= 15 is 0 Å². The Morgan fingerprint density at radius 2 is 1.35 bits per heavy atom. The average Bonchev–Trinajstić information content (AvgIpc) is 2.93. The van der Waals surface area contributed by atoms with E-state index in [4.69, 9.17) is 4.74 Å². The Morgan fingerprint density at radius 1 is 0.750 bits per heavy atom. The lowest BCUT2D eigenvalue weighted by Crippen LogP contribution is -2.38. The lowest BCUT2D eigenvalue weighted by Gasteiger charge is -2.26. The number of aryl methyl sites for hydroxylation is 1. The molecule has 0 spiro atoms. The van der Waals surface area contributed by atoms with Crippen molar-refractivity contribution in [3.63, 3.8) is 0 Å². The molecule has 0 saturated carbocycles. The average molecular weight is 580 g/mol. The second-order valence-corrected chi connectivity index (χ2v) is 12.3. The number of nitrogens with one attached hydrogen (secondary N) is 2. The van der Waals surface area contributed by atoms with E-state index in [1.54, 1.807) is 73.7 Å². The zero-order valence-corrected chi connectivity index (χ0v) is 23.6. The van der Waals surface area contributed by atoms with Crippen molar-refractivity contribution in [2.45, 2.75) is 23.6 Å². The smallest absolute Gasteiger partial charge is 0.264 e. The molecule has 1 amide bonds. The highest BCUT2D eigenvalue weighted by Gasteiger charge is 2.29. The zero-order chi connectivity index (χ0) is 28.8. The van der Waals surface area contributed by atoms with Gasteiger partial charge in [0.2, 0.25) is 5.91 Å². The number of carbonyl (C=O) groups is 1. The number of anilines is 3. The maximum absolute atomic E-state index is 13.7. The summed E-state index contributed by atoms with van der Waals surface area (Å²) in [6.07, 6.45) is 0. The van der Waals surface area contributed by atoms with Crippen molar-refractivity contribution in [1.29, 1.82) is 0 Å². The van der Waals surface area contributed by atoms with Gasteiger partial charge in [-0.3, -0.25) is 13.8 Å². The Labute approximate surface area is 234 Å². The minimum atomic E-state index is -4.15. The summed E-state index contributed by atoms with van der Waals surface area (Å²) in [5.41, 5.74) is 1.83. The van der Waals surface area contributed by atoms with E-state index in [0.29, 0.717) is 23.7 Å². The molecule has 0 aliphatic carbocycles. The molecule has 40 heavy (non-hydrogen) atoms. The Morgan fingerprint density at radius 3 is 2.00 bits per heavy atom. The van der Waals surface area contributed by atoms with E-state index in [9.17, 15) is 21.6 Å². The van der Waals surface area contributed by atoms with Crippen molar-refractivity contribution in [1.82, 2.24) is 0 Å². The second kappa shape index (κ2) is 12.2. The van der Waals surface area contributed by atoms with Crippen LogP contribution in [0, 0.1) is 6.92 Å². The quantitative estimate of drug-likeness (QED) is 0.257. The summed E-state index contributed by atoms with van der Waals surface area (Å²) in [5, 5.41) is 2.65. The summed E-state index contributed by atoms with van der Waals surface area (Å²) in [6, 6.07) is 27.0. The largest absolute Gasteiger partial charge is 0.492 e. The first-order valence-electron chi connectivity index (χ1n) is 12.4. The molecule has 2 N–H and O–H groups in total. The fraction of sp³-hybridized carbons (Fsp3) is 0.138. The van der Waals surface area contributed by atoms with Gasteiger partial charge in [0, 0.05) is 11.4 Å². The molecule has 9 nitrogen and oxygen atoms in total. The van der Waals surface area contributed by atoms with Gasteiger partial charge < -0.3 is 10.1 Å². The number of nitrogens with zero attached hydrogens (tertiary/aromatic N) is 1. The van der Waals surface area contributed by atoms with Gasteiger partial charge in [0.05, 0.1) is 22.1 Å². The summed E-state index contributed by atoms with van der Waals surface area (Å²) in [5.74, 6) is -0.311. The summed E-state index contributed by atoms with van der Waals surface area (Å²) < 4.78 is 62.0. The maximum atomic E-state index is 13.7. The molecule has 4 rings (SSSR count). The number of carbonyl (C=O) groups excluding carboxylic acids is 1. The van der Waals surface area contributed by atoms with Gasteiger partial charge in [-0.25, -0.2) is 16.8 Å². The molecular formula is C29H29N3O6S2. The first kappa shape index (κ1) is 28.7. The molecule has 0 fully saturated rings. The molecule has 11 heteroatoms. The zero-order valence-electron chi connectivity index (χ0n) is 21.9. The molecule has 0 bridgehead atoms. The summed E-state index contributed by atoms with van der Waals surface area (Å²) in [4.78, 5) is 13.2. The molecule has 4 aromatic carbocycles. The van der Waals surface area contributed by atoms with Gasteiger partial charge in [-0.05, 0) is 74.5 Å². The lowest BCUT2D eigenvalue weighted by atomic mass is 10.2. The third kappa shape index (κ3) is 6.80. The van der Waals surface area contributed by atoms with Crippen molar-refractivity contribution in [2.24, 2.45) is 0 Å². The van der Waals surface area contributed by atoms with Crippen LogP contribution in [0.3, 0.4) is 0 Å². The number of para-hydroxylation sites is 3. The predicted octanol–water partition coefficient (Wildman–Crippen LogP) is 5.03. The molecule has 4 aromatic rings. The second-order valence-electron chi connectivity index (χ2n) is 8.77. The SMILES string of the molecule is CCOc1ccccc1N(CC(=O)Nc1ccc(S(=O)(=O)Nc2ccccc2)cc1)S(=O)(=O)c1ccc(C)cc1. The molecule has 0 radical (unpaired) electrons. The van der Waals surface area contributed by atoms with Crippen molar-refractivity contribution in [2.75, 3.05) is 27.5 Å². The third-order valence-corrected chi connectivity index (χ3v) is 8.98. The van der Waals surface area contributed by atoms with Crippen LogP contribution in [0.15, 0.2) is 113 Å². The van der Waals surface area contributed by atoms with Crippen molar-refractivity contribution in [3.05, 3.63) is 109 Å². The van der Waals surface area contributed by atoms with Crippen LogP contribution in [0.2, 0.25) is 0 Å². The van der Waals surface area contributed by atoms with Gasteiger partial charge in [0.25, 0.3) is 20.0 Å². The molecule has 0 aromatic heterocycles. The molecule has 0 unspecified atom stereocenters. The summed E-state index contributed by atoms with van der Waals surface area (Å²) in [7, 11) is -7.99. The topological polar surface area (TPSA) is 122 Å². The van der Waals surface area contributed by atoms with Crippen LogP contribution in [0.1, 0.15) is 12.5 Å². The van der Waals surface area contributed by atoms with Crippen LogP contribution in [0.25, 0.3) is 0 Å². The van der Waals surface area contributed by atoms with Crippen LogP contribution in [0.4, 0.5) is 17.1 Å². The number of hydrogen-bond acceptors (Lipinski definition) is 6. The fourth-order valence-electron chi connectivity index (χ4n) is 3.85. The fourth-order valence-corrected chi connectivity index (χ4v) is 6.34. The van der Waals surface area contributed by atoms with Gasteiger partial charge in [0.1, 0.15) is 12.3 Å². The van der Waals surface area contributed by atoms with Crippen molar-refractivity contribution >= 4 is 43.0 Å². The number of rotatable bonds is 11. The number of amides is 1. The Kier molecular flexibility index (Phi) is 8.76. The number of benzene rings is 4. The van der Waals surface area contributed by atoms with Crippen LogP contribution in [-0.2, 0) is 24.8 Å². The molecule has 208 valence electrons.